The van der Waals surface area contributed by atoms with Crippen LogP contribution in [0.1, 0.15) is 0 Å². The summed E-state index contributed by atoms with van der Waals surface area (Å²) < 4.78 is 0. The Balaban J connectivity index is -0.0000000150. The zero-order valence-electron chi connectivity index (χ0n) is 4.67. The smallest absolute Gasteiger partial charge is 0.734 e. The van der Waals surface area contributed by atoms with Crippen LogP contribution in [0.5, 0.6) is 0 Å². The minimum absolute atomic E-state index is 0. The van der Waals surface area contributed by atoms with Crippen molar-refractivity contribution in [3.05, 3.63) is 0 Å². The molecule has 0 heterocycles. The van der Waals surface area contributed by atoms with E-state index in [1.807, 2.05) is 0 Å². The van der Waals surface area contributed by atoms with E-state index in [0.29, 0.717) is 0 Å². The summed E-state index contributed by atoms with van der Waals surface area (Å²) in [6.07, 6.45) is 0. The van der Waals surface area contributed by atoms with Gasteiger partial charge in [-0.3, -0.25) is 0 Å². The Hall–Kier alpha value is 2.34. The van der Waals surface area contributed by atoms with Gasteiger partial charge in [0.2, 0.25) is 0 Å². The second-order valence-corrected chi connectivity index (χ2v) is 0.204. The summed E-state index contributed by atoms with van der Waals surface area (Å²) in [7, 11) is 0. The van der Waals surface area contributed by atoms with E-state index in [2.05, 4.69) is 0 Å². The molecule has 0 aromatic rings. The first kappa shape index (κ1) is 29.2. The van der Waals surface area contributed by atoms with Crippen LogP contribution in [0.3, 0.4) is 0 Å². The molecule has 0 N–H and O–H groups in total. The van der Waals surface area contributed by atoms with Crippen molar-refractivity contribution >= 4 is 0 Å². The monoisotopic (exact) mass is 428 g/mol. The SMILES string of the molecule is [Nd+3].[Nd+3].[O-]O[O-].[O-]O[O-].[O-]O[O-]. The van der Waals surface area contributed by atoms with E-state index in [1.54, 1.807) is 15.1 Å². The van der Waals surface area contributed by atoms with Crippen LogP contribution in [-0.4, -0.2) is 0 Å². The minimum Gasteiger partial charge on any atom is -0.734 e. The first-order valence-corrected chi connectivity index (χ1v) is 1.00. The molecule has 0 bridgehead atoms. The summed E-state index contributed by atoms with van der Waals surface area (Å²) in [6.45, 7) is 0. The maximum atomic E-state index is 7.88. The van der Waals surface area contributed by atoms with E-state index >= 15 is 0 Å². The summed E-state index contributed by atoms with van der Waals surface area (Å²) in [5.41, 5.74) is 0. The van der Waals surface area contributed by atoms with Crippen molar-refractivity contribution in [1.29, 1.82) is 0 Å². The van der Waals surface area contributed by atoms with Crippen molar-refractivity contribution in [2.45, 2.75) is 0 Å². The Morgan fingerprint density at radius 1 is 0.455 bits per heavy atom. The van der Waals surface area contributed by atoms with Gasteiger partial charge in [-0.05, 0) is 0 Å². The Morgan fingerprint density at radius 2 is 0.455 bits per heavy atom. The predicted molar refractivity (Wildman–Crippen MR) is 3.25 cm³/mol. The fourth-order valence-electron chi connectivity index (χ4n) is 0. The Kier molecular flexibility index (Phi) is 148. The zero-order chi connectivity index (χ0) is 8.12. The molecular weight excluding hydrogens is 432 g/mol. The van der Waals surface area contributed by atoms with Gasteiger partial charge in [0.25, 0.3) is 0 Å². The van der Waals surface area contributed by atoms with E-state index < -0.39 is 0 Å². The zero-order valence-corrected chi connectivity index (χ0v) is 11.1. The standard InChI is InChI=1S/2Nd.3H2O3/c;;3*1-3-2/h;;3*1-2H/q2*+3;;;/p-6. The van der Waals surface area contributed by atoms with Crippen LogP contribution in [0.25, 0.3) is 0 Å². The first-order chi connectivity index (χ1) is 4.24. The third-order valence-corrected chi connectivity index (χ3v) is 0. The maximum absolute atomic E-state index is 7.88. The molecular formula is Nd2O9. The van der Waals surface area contributed by atoms with E-state index in [1.165, 1.54) is 0 Å². The van der Waals surface area contributed by atoms with Gasteiger partial charge in [-0.15, -0.1) is 0 Å². The average Bonchev–Trinajstić information content (AvgIpc) is 1.70. The molecule has 0 aromatic heterocycles. The van der Waals surface area contributed by atoms with Crippen molar-refractivity contribution in [2.24, 2.45) is 0 Å². The van der Waals surface area contributed by atoms with E-state index in [4.69, 9.17) is 31.5 Å². The van der Waals surface area contributed by atoms with Crippen LogP contribution in [0, 0.1) is 81.7 Å². The molecule has 0 amide bonds. The van der Waals surface area contributed by atoms with Gasteiger partial charge in [-0.2, -0.15) is 0 Å². The van der Waals surface area contributed by atoms with Crippen LogP contribution in [0.4, 0.5) is 0 Å². The summed E-state index contributed by atoms with van der Waals surface area (Å²) >= 11 is 0. The van der Waals surface area contributed by atoms with Crippen LogP contribution in [0.2, 0.25) is 0 Å². The van der Waals surface area contributed by atoms with E-state index in [9.17, 15) is 0 Å². The van der Waals surface area contributed by atoms with Gasteiger partial charge in [-0.1, -0.05) is 0 Å². The van der Waals surface area contributed by atoms with Gasteiger partial charge >= 0.3 is 81.7 Å². The molecule has 0 atom stereocenters. The molecule has 2 radical (unpaired) electrons. The molecule has 11 heteroatoms. The molecule has 9 nitrogen and oxygen atoms in total. The Labute approximate surface area is 126 Å². The minimum atomic E-state index is 0. The number of rotatable bonds is 0. The van der Waals surface area contributed by atoms with Gasteiger partial charge in [0.1, 0.15) is 0 Å². The van der Waals surface area contributed by atoms with Crippen molar-refractivity contribution in [1.82, 2.24) is 0 Å². The van der Waals surface area contributed by atoms with E-state index in [-0.39, 0.29) is 81.7 Å². The molecule has 0 aliphatic carbocycles. The summed E-state index contributed by atoms with van der Waals surface area (Å²) in [5, 5.41) is 52.5. The summed E-state index contributed by atoms with van der Waals surface area (Å²) in [4.78, 5) is 0. The van der Waals surface area contributed by atoms with Crippen molar-refractivity contribution in [3.8, 4) is 0 Å². The molecule has 0 saturated heterocycles. The number of hydrogen-bond acceptors (Lipinski definition) is 9. The van der Waals surface area contributed by atoms with Gasteiger partial charge in [0.05, 0.1) is 0 Å². The second kappa shape index (κ2) is 55.6. The van der Waals surface area contributed by atoms with Gasteiger partial charge < -0.3 is 46.7 Å². The van der Waals surface area contributed by atoms with E-state index in [0.717, 1.165) is 0 Å². The first-order valence-electron chi connectivity index (χ1n) is 1.00. The molecule has 0 fully saturated rings. The maximum Gasteiger partial charge on any atom is 3.00 e. The van der Waals surface area contributed by atoms with Gasteiger partial charge in [-0.25, -0.2) is 0 Å². The molecule has 0 spiro atoms. The molecule has 62 valence electrons. The number of hydrogen-bond donors (Lipinski definition) is 0. The predicted octanol–water partition coefficient (Wildman–Crippen LogP) is -7.34. The van der Waals surface area contributed by atoms with Crippen LogP contribution in [-0.2, 0) is 15.1 Å². The van der Waals surface area contributed by atoms with Crippen LogP contribution < -0.4 is 31.5 Å². The third kappa shape index (κ3) is 241. The fraction of sp³-hybridized carbons (Fsp3) is 0. The van der Waals surface area contributed by atoms with Gasteiger partial charge in [0, 0.05) is 0 Å². The molecule has 0 rings (SSSR count). The second-order valence-electron chi connectivity index (χ2n) is 0.204. The average molecular weight is 432 g/mol. The quantitative estimate of drug-likeness (QED) is 0.267. The summed E-state index contributed by atoms with van der Waals surface area (Å²) in [6, 6.07) is 0. The Morgan fingerprint density at radius 3 is 0.455 bits per heavy atom. The van der Waals surface area contributed by atoms with Crippen molar-refractivity contribution in [3.63, 3.8) is 0 Å². The van der Waals surface area contributed by atoms with Crippen LogP contribution >= 0.6 is 0 Å². The topological polar surface area (TPSA) is 166 Å². The molecule has 0 aromatic carbocycles. The van der Waals surface area contributed by atoms with Gasteiger partial charge in [0.15, 0.2) is 0 Å². The molecule has 0 saturated carbocycles. The van der Waals surface area contributed by atoms with Crippen LogP contribution in [0.15, 0.2) is 0 Å². The fourth-order valence-corrected chi connectivity index (χ4v) is 0. The summed E-state index contributed by atoms with van der Waals surface area (Å²) in [5.74, 6) is 0. The molecule has 0 unspecified atom stereocenters. The van der Waals surface area contributed by atoms with Crippen molar-refractivity contribution < 1.29 is 128 Å². The normalized spacial score (nSPS) is 4.91. The Bertz CT molecular complexity index is 12.3. The molecule has 0 aliphatic heterocycles. The third-order valence-electron chi connectivity index (χ3n) is 0. The molecule has 0 aliphatic rings. The molecule has 11 heavy (non-hydrogen) atoms. The largest absolute Gasteiger partial charge is 3.00 e. The van der Waals surface area contributed by atoms with Crippen molar-refractivity contribution in [2.75, 3.05) is 0 Å².